The van der Waals surface area contributed by atoms with Gasteiger partial charge in [-0.1, -0.05) is 63.0 Å². The summed E-state index contributed by atoms with van der Waals surface area (Å²) in [6, 6.07) is 0. The van der Waals surface area contributed by atoms with Crippen LogP contribution in [0.3, 0.4) is 0 Å². The first-order valence-corrected chi connectivity index (χ1v) is 7.53. The van der Waals surface area contributed by atoms with Crippen LogP contribution in [0.15, 0.2) is 11.6 Å². The van der Waals surface area contributed by atoms with Gasteiger partial charge in [-0.2, -0.15) is 0 Å². The van der Waals surface area contributed by atoms with Crippen LogP contribution in [-0.2, 0) is 0 Å². The van der Waals surface area contributed by atoms with Crippen molar-refractivity contribution in [1.82, 2.24) is 0 Å². The predicted molar refractivity (Wildman–Crippen MR) is 71.5 cm³/mol. The zero-order chi connectivity index (χ0) is 11.2. The number of hydrogen-bond donors (Lipinski definition) is 0. The van der Waals surface area contributed by atoms with Crippen molar-refractivity contribution in [3.8, 4) is 0 Å². The molecule has 92 valence electrons. The molecule has 0 aliphatic heterocycles. The highest BCUT2D eigenvalue weighted by molar-refractivity contribution is 5.04. The molecule has 0 aromatic rings. The van der Waals surface area contributed by atoms with Gasteiger partial charge in [-0.25, -0.2) is 0 Å². The van der Waals surface area contributed by atoms with Crippen molar-refractivity contribution in [2.24, 2.45) is 11.8 Å². The van der Waals surface area contributed by atoms with Gasteiger partial charge in [0.25, 0.3) is 0 Å². The molecular formula is C16H28. The molecule has 0 heterocycles. The normalized spacial score (nSPS) is 25.9. The molecule has 0 radical (unpaired) electrons. The average Bonchev–Trinajstić information content (AvgIpc) is 2.38. The first-order chi connectivity index (χ1) is 7.86. The van der Waals surface area contributed by atoms with Crippen molar-refractivity contribution < 1.29 is 0 Å². The molecule has 0 amide bonds. The lowest BCUT2D eigenvalue weighted by Gasteiger charge is -2.24. The maximum Gasteiger partial charge on any atom is -0.0206 e. The Morgan fingerprint density at radius 2 is 1.44 bits per heavy atom. The van der Waals surface area contributed by atoms with Gasteiger partial charge in [0.15, 0.2) is 0 Å². The summed E-state index contributed by atoms with van der Waals surface area (Å²) in [5.74, 6) is 1.96. The first-order valence-electron chi connectivity index (χ1n) is 7.53. The summed E-state index contributed by atoms with van der Waals surface area (Å²) in [6.45, 7) is 2.39. The van der Waals surface area contributed by atoms with Crippen LogP contribution in [0.4, 0.5) is 0 Å². The number of hydrogen-bond acceptors (Lipinski definition) is 0. The lowest BCUT2D eigenvalue weighted by molar-refractivity contribution is 0.357. The van der Waals surface area contributed by atoms with E-state index in [0.717, 1.165) is 11.8 Å². The van der Waals surface area contributed by atoms with E-state index in [1.165, 1.54) is 70.6 Å². The summed E-state index contributed by atoms with van der Waals surface area (Å²) >= 11 is 0. The zero-order valence-electron chi connectivity index (χ0n) is 11.0. The third kappa shape index (κ3) is 3.64. The fourth-order valence-electron chi connectivity index (χ4n) is 3.50. The molecule has 2 saturated carbocycles. The quantitative estimate of drug-likeness (QED) is 0.552. The smallest absolute Gasteiger partial charge is 0.0206 e. The van der Waals surface area contributed by atoms with Gasteiger partial charge < -0.3 is 0 Å². The molecule has 0 aromatic carbocycles. The van der Waals surface area contributed by atoms with Crippen molar-refractivity contribution >= 4 is 0 Å². The average molecular weight is 220 g/mol. The van der Waals surface area contributed by atoms with E-state index in [2.05, 4.69) is 13.0 Å². The molecule has 0 unspecified atom stereocenters. The number of allylic oxidation sites excluding steroid dienone is 2. The molecule has 0 N–H and O–H groups in total. The van der Waals surface area contributed by atoms with Crippen LogP contribution in [0, 0.1) is 11.8 Å². The topological polar surface area (TPSA) is 0 Å². The van der Waals surface area contributed by atoms with E-state index in [4.69, 9.17) is 0 Å². The van der Waals surface area contributed by atoms with Crippen LogP contribution >= 0.6 is 0 Å². The SMILES string of the molecule is CC(=CCC1CCCCC1)C1CCCCC1. The monoisotopic (exact) mass is 220 g/mol. The van der Waals surface area contributed by atoms with Crippen molar-refractivity contribution in [3.05, 3.63) is 11.6 Å². The summed E-state index contributed by atoms with van der Waals surface area (Å²) < 4.78 is 0. The van der Waals surface area contributed by atoms with Crippen LogP contribution < -0.4 is 0 Å². The Kier molecular flexibility index (Phi) is 4.93. The van der Waals surface area contributed by atoms with Crippen LogP contribution in [0.1, 0.15) is 77.6 Å². The molecule has 0 heteroatoms. The maximum atomic E-state index is 2.59. The number of rotatable bonds is 3. The molecular weight excluding hydrogens is 192 g/mol. The molecule has 0 aromatic heterocycles. The molecule has 0 atom stereocenters. The molecule has 16 heavy (non-hydrogen) atoms. The molecule has 2 aliphatic rings. The minimum atomic E-state index is 0.942. The lowest BCUT2D eigenvalue weighted by Crippen LogP contribution is -2.09. The second kappa shape index (κ2) is 6.47. The second-order valence-electron chi connectivity index (χ2n) is 6.02. The van der Waals surface area contributed by atoms with Crippen LogP contribution in [0.5, 0.6) is 0 Å². The van der Waals surface area contributed by atoms with Crippen molar-refractivity contribution in [2.45, 2.75) is 77.6 Å². The Morgan fingerprint density at radius 3 is 2.06 bits per heavy atom. The molecule has 0 saturated heterocycles. The Labute approximate surface area is 102 Å². The van der Waals surface area contributed by atoms with Gasteiger partial charge in [-0.15, -0.1) is 0 Å². The van der Waals surface area contributed by atoms with Gasteiger partial charge in [0.1, 0.15) is 0 Å². The minimum absolute atomic E-state index is 0.942. The summed E-state index contributed by atoms with van der Waals surface area (Å²) in [5, 5.41) is 0. The van der Waals surface area contributed by atoms with Gasteiger partial charge in [0, 0.05) is 0 Å². The van der Waals surface area contributed by atoms with Gasteiger partial charge >= 0.3 is 0 Å². The van der Waals surface area contributed by atoms with Gasteiger partial charge in [-0.3, -0.25) is 0 Å². The standard InChI is InChI=1S/C16H28/c1-14(16-10-6-3-7-11-16)12-13-15-8-4-2-5-9-15/h12,15-16H,2-11,13H2,1H3. The van der Waals surface area contributed by atoms with E-state index >= 15 is 0 Å². The van der Waals surface area contributed by atoms with Gasteiger partial charge in [-0.05, 0) is 38.0 Å². The first kappa shape index (κ1) is 12.2. The van der Waals surface area contributed by atoms with E-state index in [1.54, 1.807) is 5.57 Å². The Hall–Kier alpha value is -0.260. The molecule has 2 fully saturated rings. The van der Waals surface area contributed by atoms with Crippen LogP contribution in [0.25, 0.3) is 0 Å². The largest absolute Gasteiger partial charge is 0.0851 e. The van der Waals surface area contributed by atoms with E-state index in [9.17, 15) is 0 Å². The highest BCUT2D eigenvalue weighted by atomic mass is 14.2. The third-order valence-corrected chi connectivity index (χ3v) is 4.75. The van der Waals surface area contributed by atoms with E-state index < -0.39 is 0 Å². The van der Waals surface area contributed by atoms with Gasteiger partial charge in [0.2, 0.25) is 0 Å². The summed E-state index contributed by atoms with van der Waals surface area (Å²) in [7, 11) is 0. The third-order valence-electron chi connectivity index (χ3n) is 4.75. The summed E-state index contributed by atoms with van der Waals surface area (Å²) in [5.41, 5.74) is 1.71. The van der Waals surface area contributed by atoms with E-state index in [1.807, 2.05) is 0 Å². The summed E-state index contributed by atoms with van der Waals surface area (Å²) in [6.07, 6.45) is 18.8. The Morgan fingerprint density at radius 1 is 0.875 bits per heavy atom. The Balaban J connectivity index is 1.76. The lowest BCUT2D eigenvalue weighted by atomic mass is 9.82. The maximum absolute atomic E-state index is 2.59. The van der Waals surface area contributed by atoms with Gasteiger partial charge in [0.05, 0.1) is 0 Å². The summed E-state index contributed by atoms with van der Waals surface area (Å²) in [4.78, 5) is 0. The fourth-order valence-corrected chi connectivity index (χ4v) is 3.50. The fraction of sp³-hybridized carbons (Fsp3) is 0.875. The Bertz CT molecular complexity index is 214. The molecule has 2 aliphatic carbocycles. The van der Waals surface area contributed by atoms with Crippen LogP contribution in [0.2, 0.25) is 0 Å². The molecule has 0 bridgehead atoms. The zero-order valence-corrected chi connectivity index (χ0v) is 11.0. The minimum Gasteiger partial charge on any atom is -0.0851 e. The van der Waals surface area contributed by atoms with Crippen molar-refractivity contribution in [1.29, 1.82) is 0 Å². The van der Waals surface area contributed by atoms with E-state index in [0.29, 0.717) is 0 Å². The van der Waals surface area contributed by atoms with E-state index in [-0.39, 0.29) is 0 Å². The van der Waals surface area contributed by atoms with Crippen molar-refractivity contribution in [2.75, 3.05) is 0 Å². The highest BCUT2D eigenvalue weighted by Crippen LogP contribution is 2.31. The highest BCUT2D eigenvalue weighted by Gasteiger charge is 2.16. The van der Waals surface area contributed by atoms with Crippen LogP contribution in [-0.4, -0.2) is 0 Å². The predicted octanol–water partition coefficient (Wildman–Crippen LogP) is 5.48. The van der Waals surface area contributed by atoms with Crippen molar-refractivity contribution in [3.63, 3.8) is 0 Å². The second-order valence-corrected chi connectivity index (χ2v) is 6.02. The molecule has 0 spiro atoms. The molecule has 2 rings (SSSR count). The molecule has 0 nitrogen and oxygen atoms in total.